The van der Waals surface area contributed by atoms with Crippen LogP contribution >= 0.6 is 11.6 Å². The number of aryl methyl sites for hydroxylation is 4. The molecule has 0 saturated heterocycles. The van der Waals surface area contributed by atoms with E-state index in [0.717, 1.165) is 11.3 Å². The van der Waals surface area contributed by atoms with Crippen LogP contribution in [0.3, 0.4) is 0 Å². The van der Waals surface area contributed by atoms with Crippen molar-refractivity contribution in [2.24, 2.45) is 0 Å². The van der Waals surface area contributed by atoms with Gasteiger partial charge in [0.05, 0.1) is 11.0 Å². The highest BCUT2D eigenvalue weighted by Crippen LogP contribution is 2.21. The summed E-state index contributed by atoms with van der Waals surface area (Å²) in [5.41, 5.74) is 2.14. The summed E-state index contributed by atoms with van der Waals surface area (Å²) in [6.07, 6.45) is 2.55. The summed E-state index contributed by atoms with van der Waals surface area (Å²) in [6, 6.07) is 3.28. The van der Waals surface area contributed by atoms with E-state index in [-0.39, 0.29) is 5.82 Å². The third kappa shape index (κ3) is 2.76. The number of hydrogen-bond donors (Lipinski definition) is 0. The van der Waals surface area contributed by atoms with Gasteiger partial charge in [0.15, 0.2) is 5.82 Å². The highest BCUT2D eigenvalue weighted by Gasteiger charge is 2.13. The van der Waals surface area contributed by atoms with Gasteiger partial charge in [0.1, 0.15) is 11.6 Å². The molecule has 110 valence electrons. The second kappa shape index (κ2) is 5.81. The second-order valence-electron chi connectivity index (χ2n) is 4.81. The van der Waals surface area contributed by atoms with E-state index in [1.807, 2.05) is 10.6 Å². The fourth-order valence-corrected chi connectivity index (χ4v) is 2.51. The zero-order valence-electron chi connectivity index (χ0n) is 11.5. The molecule has 3 rings (SSSR count). The van der Waals surface area contributed by atoms with Gasteiger partial charge in [-0.1, -0.05) is 5.16 Å². The molecule has 5 nitrogen and oxygen atoms in total. The Labute approximate surface area is 125 Å². The summed E-state index contributed by atoms with van der Waals surface area (Å²) in [6.45, 7) is 2.39. The van der Waals surface area contributed by atoms with Crippen LogP contribution in [0.4, 0.5) is 4.39 Å². The number of fused-ring (bicyclic) bond motifs is 1. The molecule has 0 aliphatic carbocycles. The molecular formula is C14H14ClFN4O. The Kier molecular flexibility index (Phi) is 3.88. The summed E-state index contributed by atoms with van der Waals surface area (Å²) < 4.78 is 20.4. The van der Waals surface area contributed by atoms with E-state index in [1.165, 1.54) is 12.5 Å². The van der Waals surface area contributed by atoms with Gasteiger partial charge in [0, 0.05) is 31.3 Å². The predicted octanol–water partition coefficient (Wildman–Crippen LogP) is 2.89. The second-order valence-corrected chi connectivity index (χ2v) is 5.18. The molecule has 0 radical (unpaired) electrons. The van der Waals surface area contributed by atoms with Crippen LogP contribution in [0.1, 0.15) is 17.2 Å². The van der Waals surface area contributed by atoms with E-state index >= 15 is 0 Å². The minimum atomic E-state index is -0.247. The molecule has 0 unspecified atom stereocenters. The van der Waals surface area contributed by atoms with Crippen LogP contribution in [-0.2, 0) is 19.4 Å². The molecule has 0 spiro atoms. The average Bonchev–Trinajstić information content (AvgIpc) is 3.06. The molecule has 1 aromatic carbocycles. The van der Waals surface area contributed by atoms with Crippen molar-refractivity contribution >= 4 is 22.6 Å². The molecule has 21 heavy (non-hydrogen) atoms. The summed E-state index contributed by atoms with van der Waals surface area (Å²) in [5, 5.41) is 3.80. The van der Waals surface area contributed by atoms with Crippen molar-refractivity contribution in [3.8, 4) is 0 Å². The Bertz CT molecular complexity index is 754. The smallest absolute Gasteiger partial charge is 0.213 e. The molecule has 0 aliphatic heterocycles. The maximum atomic E-state index is 13.7. The van der Waals surface area contributed by atoms with E-state index in [9.17, 15) is 4.39 Å². The molecule has 0 bridgehead atoms. The van der Waals surface area contributed by atoms with E-state index < -0.39 is 0 Å². The lowest BCUT2D eigenvalue weighted by Crippen LogP contribution is -2.08. The van der Waals surface area contributed by atoms with Crippen LogP contribution in [0, 0.1) is 12.7 Å². The zero-order chi connectivity index (χ0) is 14.8. The van der Waals surface area contributed by atoms with Gasteiger partial charge in [0.2, 0.25) is 6.39 Å². The molecule has 3 aromatic rings. The van der Waals surface area contributed by atoms with Crippen molar-refractivity contribution in [3.63, 3.8) is 0 Å². The lowest BCUT2D eigenvalue weighted by Gasteiger charge is -2.07. The minimum Gasteiger partial charge on any atom is -0.343 e. The number of imidazole rings is 1. The molecule has 0 aliphatic rings. The van der Waals surface area contributed by atoms with Gasteiger partial charge in [-0.25, -0.2) is 9.37 Å². The lowest BCUT2D eigenvalue weighted by atomic mass is 10.2. The Morgan fingerprint density at radius 1 is 1.33 bits per heavy atom. The number of benzene rings is 1. The molecule has 2 heterocycles. The van der Waals surface area contributed by atoms with Crippen LogP contribution in [0.25, 0.3) is 11.0 Å². The fourth-order valence-electron chi connectivity index (χ4n) is 2.34. The van der Waals surface area contributed by atoms with Crippen LogP contribution < -0.4 is 0 Å². The van der Waals surface area contributed by atoms with Gasteiger partial charge in [-0.2, -0.15) is 4.98 Å². The van der Waals surface area contributed by atoms with E-state index in [4.69, 9.17) is 16.1 Å². The molecule has 0 N–H and O–H groups in total. The third-order valence-corrected chi connectivity index (χ3v) is 3.58. The Morgan fingerprint density at radius 2 is 2.19 bits per heavy atom. The summed E-state index contributed by atoms with van der Waals surface area (Å²) in [5.74, 6) is 1.69. The molecule has 0 amide bonds. The van der Waals surface area contributed by atoms with Crippen LogP contribution in [0.2, 0.25) is 0 Å². The fraction of sp³-hybridized carbons (Fsp3) is 0.357. The molecule has 0 fully saturated rings. The quantitative estimate of drug-likeness (QED) is 0.680. The van der Waals surface area contributed by atoms with E-state index in [0.29, 0.717) is 42.2 Å². The van der Waals surface area contributed by atoms with Gasteiger partial charge in [0.25, 0.3) is 0 Å². The topological polar surface area (TPSA) is 56.7 Å². The first-order chi connectivity index (χ1) is 10.2. The van der Waals surface area contributed by atoms with Crippen molar-refractivity contribution in [1.29, 1.82) is 0 Å². The van der Waals surface area contributed by atoms with E-state index in [1.54, 1.807) is 6.92 Å². The van der Waals surface area contributed by atoms with Gasteiger partial charge in [-0.15, -0.1) is 11.6 Å². The molecular weight excluding hydrogens is 295 g/mol. The number of alkyl halides is 1. The Hall–Kier alpha value is -1.95. The van der Waals surface area contributed by atoms with Gasteiger partial charge in [-0.3, -0.25) is 0 Å². The predicted molar refractivity (Wildman–Crippen MR) is 76.9 cm³/mol. The minimum absolute atomic E-state index is 0.247. The standard InChI is InChI=1S/C14H14ClFN4O/c1-9-6-12-11(7-10(9)16)18-14(2-4-15)20(12)5-3-13-17-8-21-19-13/h6-8H,2-5H2,1H3. The van der Waals surface area contributed by atoms with Crippen molar-refractivity contribution in [1.82, 2.24) is 19.7 Å². The zero-order valence-corrected chi connectivity index (χ0v) is 12.3. The molecule has 0 atom stereocenters. The van der Waals surface area contributed by atoms with Gasteiger partial charge >= 0.3 is 0 Å². The Balaban J connectivity index is 2.00. The largest absolute Gasteiger partial charge is 0.343 e. The van der Waals surface area contributed by atoms with Crippen molar-refractivity contribution in [2.45, 2.75) is 26.3 Å². The van der Waals surface area contributed by atoms with Gasteiger partial charge < -0.3 is 9.09 Å². The Morgan fingerprint density at radius 3 is 2.90 bits per heavy atom. The monoisotopic (exact) mass is 308 g/mol. The highest BCUT2D eigenvalue weighted by molar-refractivity contribution is 6.17. The average molecular weight is 309 g/mol. The summed E-state index contributed by atoms with van der Waals surface area (Å²) in [4.78, 5) is 8.48. The van der Waals surface area contributed by atoms with Crippen molar-refractivity contribution in [3.05, 3.63) is 41.6 Å². The van der Waals surface area contributed by atoms with Crippen molar-refractivity contribution in [2.75, 3.05) is 5.88 Å². The maximum absolute atomic E-state index is 13.7. The van der Waals surface area contributed by atoms with Gasteiger partial charge in [-0.05, 0) is 18.6 Å². The first-order valence-corrected chi connectivity index (χ1v) is 7.19. The van der Waals surface area contributed by atoms with Crippen molar-refractivity contribution < 1.29 is 8.91 Å². The SMILES string of the molecule is Cc1cc2c(cc1F)nc(CCCl)n2CCc1ncon1. The summed E-state index contributed by atoms with van der Waals surface area (Å²) >= 11 is 5.83. The van der Waals surface area contributed by atoms with Crippen LogP contribution in [0.15, 0.2) is 23.0 Å². The molecule has 7 heteroatoms. The summed E-state index contributed by atoms with van der Waals surface area (Å²) in [7, 11) is 0. The number of halogens is 2. The molecule has 2 aromatic heterocycles. The van der Waals surface area contributed by atoms with Crippen LogP contribution in [-0.4, -0.2) is 25.6 Å². The third-order valence-electron chi connectivity index (χ3n) is 3.39. The first-order valence-electron chi connectivity index (χ1n) is 6.65. The van der Waals surface area contributed by atoms with Crippen LogP contribution in [0.5, 0.6) is 0 Å². The number of hydrogen-bond acceptors (Lipinski definition) is 4. The number of nitrogens with zero attached hydrogens (tertiary/aromatic N) is 4. The molecule has 0 saturated carbocycles. The maximum Gasteiger partial charge on any atom is 0.213 e. The lowest BCUT2D eigenvalue weighted by molar-refractivity contribution is 0.408. The van der Waals surface area contributed by atoms with E-state index in [2.05, 4.69) is 15.1 Å². The highest BCUT2D eigenvalue weighted by atomic mass is 35.5. The number of rotatable bonds is 5. The first kappa shape index (κ1) is 14.0. The normalized spacial score (nSPS) is 11.4. The number of aromatic nitrogens is 4.